The highest BCUT2D eigenvalue weighted by molar-refractivity contribution is 9.10. The quantitative estimate of drug-likeness (QED) is 0.653. The van der Waals surface area contributed by atoms with Crippen molar-refractivity contribution in [1.82, 2.24) is 0 Å². The number of nitro groups is 1. The normalized spacial score (nSPS) is 12.0. The highest BCUT2D eigenvalue weighted by atomic mass is 79.9. The Morgan fingerprint density at radius 1 is 1.33 bits per heavy atom. The third-order valence-corrected chi connectivity index (χ3v) is 3.78. The van der Waals surface area contributed by atoms with E-state index < -0.39 is 4.92 Å². The lowest BCUT2D eigenvalue weighted by Crippen LogP contribution is -2.08. The van der Waals surface area contributed by atoms with Crippen molar-refractivity contribution < 1.29 is 9.66 Å². The van der Waals surface area contributed by atoms with Gasteiger partial charge in [-0.15, -0.1) is 0 Å². The number of rotatable bonds is 5. The predicted octanol–water partition coefficient (Wildman–Crippen LogP) is 3.96. The number of para-hydroxylation sites is 1. The van der Waals surface area contributed by atoms with E-state index in [4.69, 9.17) is 10.5 Å². The number of non-ortho nitro benzene ring substituents is 1. The van der Waals surface area contributed by atoms with Crippen LogP contribution in [0.15, 0.2) is 46.9 Å². The largest absolute Gasteiger partial charge is 0.489 e. The van der Waals surface area contributed by atoms with Crippen molar-refractivity contribution in [2.24, 2.45) is 5.73 Å². The second kappa shape index (κ2) is 6.69. The van der Waals surface area contributed by atoms with Crippen molar-refractivity contribution in [1.29, 1.82) is 0 Å². The molecule has 110 valence electrons. The Hall–Kier alpha value is -1.92. The van der Waals surface area contributed by atoms with Crippen LogP contribution in [0.25, 0.3) is 0 Å². The van der Waals surface area contributed by atoms with E-state index in [1.165, 1.54) is 12.1 Å². The van der Waals surface area contributed by atoms with Crippen LogP contribution in [0.5, 0.6) is 5.75 Å². The Bertz CT molecular complexity index is 659. The monoisotopic (exact) mass is 350 g/mol. The molecule has 2 aromatic rings. The second-order valence-electron chi connectivity index (χ2n) is 4.65. The van der Waals surface area contributed by atoms with Gasteiger partial charge < -0.3 is 10.5 Å². The molecule has 0 unspecified atom stereocenters. The van der Waals surface area contributed by atoms with E-state index in [9.17, 15) is 10.1 Å². The molecular weight excluding hydrogens is 336 g/mol. The number of nitrogens with two attached hydrogens (primary N) is 1. The molecule has 0 heterocycles. The number of benzene rings is 2. The first kappa shape index (κ1) is 15.5. The fourth-order valence-electron chi connectivity index (χ4n) is 1.91. The third-order valence-electron chi connectivity index (χ3n) is 3.04. The fourth-order valence-corrected chi connectivity index (χ4v) is 2.39. The fraction of sp³-hybridized carbons (Fsp3) is 0.200. The number of nitrogens with zero attached hydrogens (tertiary/aromatic N) is 1. The average Bonchev–Trinajstić information content (AvgIpc) is 2.46. The lowest BCUT2D eigenvalue weighted by molar-refractivity contribution is -0.384. The lowest BCUT2D eigenvalue weighted by atomic mass is 10.1. The summed E-state index contributed by atoms with van der Waals surface area (Å²) in [6, 6.07) is 12.1. The van der Waals surface area contributed by atoms with Crippen LogP contribution in [-0.4, -0.2) is 4.92 Å². The molecular formula is C15H15BrN2O3. The predicted molar refractivity (Wildman–Crippen MR) is 84.2 cm³/mol. The zero-order chi connectivity index (χ0) is 15.4. The van der Waals surface area contributed by atoms with Gasteiger partial charge >= 0.3 is 0 Å². The van der Waals surface area contributed by atoms with Gasteiger partial charge in [0.2, 0.25) is 0 Å². The molecule has 2 N–H and O–H groups in total. The van der Waals surface area contributed by atoms with E-state index in [2.05, 4.69) is 15.9 Å². The van der Waals surface area contributed by atoms with Gasteiger partial charge in [0.05, 0.1) is 4.92 Å². The van der Waals surface area contributed by atoms with Crippen LogP contribution >= 0.6 is 15.9 Å². The Labute approximate surface area is 131 Å². The maximum atomic E-state index is 10.7. The summed E-state index contributed by atoms with van der Waals surface area (Å²) in [5.41, 5.74) is 7.71. The highest BCUT2D eigenvalue weighted by Crippen LogP contribution is 2.27. The van der Waals surface area contributed by atoms with Crippen LogP contribution in [0.4, 0.5) is 5.69 Å². The minimum atomic E-state index is -0.430. The van der Waals surface area contributed by atoms with Crippen molar-refractivity contribution in [2.75, 3.05) is 0 Å². The molecule has 1 atom stereocenters. The van der Waals surface area contributed by atoms with Gasteiger partial charge in [-0.3, -0.25) is 10.1 Å². The van der Waals surface area contributed by atoms with Crippen molar-refractivity contribution in [2.45, 2.75) is 19.6 Å². The first-order chi connectivity index (χ1) is 9.99. The molecule has 5 nitrogen and oxygen atoms in total. The van der Waals surface area contributed by atoms with Crippen molar-refractivity contribution in [3.8, 4) is 5.75 Å². The molecule has 6 heteroatoms. The molecule has 0 aliphatic heterocycles. The summed E-state index contributed by atoms with van der Waals surface area (Å²) in [6.45, 7) is 2.20. The molecule has 0 aliphatic carbocycles. The molecule has 0 spiro atoms. The zero-order valence-corrected chi connectivity index (χ0v) is 13.0. The summed E-state index contributed by atoms with van der Waals surface area (Å²) >= 11 is 3.33. The minimum Gasteiger partial charge on any atom is -0.489 e. The van der Waals surface area contributed by atoms with Crippen LogP contribution in [0, 0.1) is 10.1 Å². The molecule has 2 aromatic carbocycles. The van der Waals surface area contributed by atoms with Crippen molar-refractivity contribution in [3.63, 3.8) is 0 Å². The summed E-state index contributed by atoms with van der Waals surface area (Å²) in [5.74, 6) is 0.720. The summed E-state index contributed by atoms with van der Waals surface area (Å²) < 4.78 is 6.43. The van der Waals surface area contributed by atoms with Gasteiger partial charge in [-0.05, 0) is 19.1 Å². The van der Waals surface area contributed by atoms with Crippen LogP contribution in [0.3, 0.4) is 0 Å². The van der Waals surface area contributed by atoms with E-state index >= 15 is 0 Å². The van der Waals surface area contributed by atoms with Crippen molar-refractivity contribution in [3.05, 3.63) is 68.2 Å². The maximum Gasteiger partial charge on any atom is 0.270 e. The molecule has 2 rings (SSSR count). The van der Waals surface area contributed by atoms with E-state index in [0.29, 0.717) is 11.1 Å². The Morgan fingerprint density at radius 2 is 2.05 bits per heavy atom. The van der Waals surface area contributed by atoms with Gasteiger partial charge in [-0.1, -0.05) is 34.1 Å². The van der Waals surface area contributed by atoms with E-state index in [1.807, 2.05) is 31.2 Å². The first-order valence-electron chi connectivity index (χ1n) is 6.39. The van der Waals surface area contributed by atoms with Gasteiger partial charge in [0.1, 0.15) is 12.4 Å². The van der Waals surface area contributed by atoms with Gasteiger partial charge in [-0.2, -0.15) is 0 Å². The molecule has 0 saturated heterocycles. The number of halogens is 1. The topological polar surface area (TPSA) is 78.4 Å². The SMILES string of the molecule is C[C@H](N)c1ccccc1OCc1ccc([N+](=O)[O-])cc1Br. The Balaban J connectivity index is 2.15. The Morgan fingerprint density at radius 3 is 2.67 bits per heavy atom. The average molecular weight is 351 g/mol. The second-order valence-corrected chi connectivity index (χ2v) is 5.50. The lowest BCUT2D eigenvalue weighted by Gasteiger charge is -2.14. The molecule has 0 saturated carbocycles. The van der Waals surface area contributed by atoms with Crippen LogP contribution in [-0.2, 0) is 6.61 Å². The summed E-state index contributed by atoms with van der Waals surface area (Å²) in [4.78, 5) is 10.3. The third kappa shape index (κ3) is 3.80. The summed E-state index contributed by atoms with van der Waals surface area (Å²) in [6.07, 6.45) is 0. The standard InChI is InChI=1S/C15H15BrN2O3/c1-10(17)13-4-2-3-5-15(13)21-9-11-6-7-12(18(19)20)8-14(11)16/h2-8,10H,9,17H2,1H3/t10-/m0/s1. The number of hydrogen-bond acceptors (Lipinski definition) is 4. The van der Waals surface area contributed by atoms with Gasteiger partial charge in [-0.25, -0.2) is 0 Å². The molecule has 0 aromatic heterocycles. The highest BCUT2D eigenvalue weighted by Gasteiger charge is 2.11. The molecule has 0 aliphatic rings. The molecule has 0 radical (unpaired) electrons. The Kier molecular flexibility index (Phi) is 4.93. The summed E-state index contributed by atoms with van der Waals surface area (Å²) in [5, 5.41) is 10.7. The number of hydrogen-bond donors (Lipinski definition) is 1. The van der Waals surface area contributed by atoms with Crippen molar-refractivity contribution >= 4 is 21.6 Å². The van der Waals surface area contributed by atoms with E-state index in [-0.39, 0.29) is 11.7 Å². The molecule has 0 amide bonds. The minimum absolute atomic E-state index is 0.0432. The van der Waals surface area contributed by atoms with Crippen LogP contribution < -0.4 is 10.5 Å². The smallest absolute Gasteiger partial charge is 0.270 e. The van der Waals surface area contributed by atoms with E-state index in [0.717, 1.165) is 16.9 Å². The van der Waals surface area contributed by atoms with Crippen LogP contribution in [0.1, 0.15) is 24.1 Å². The van der Waals surface area contributed by atoms with Gasteiger partial charge in [0.25, 0.3) is 5.69 Å². The molecule has 0 bridgehead atoms. The molecule has 0 fully saturated rings. The van der Waals surface area contributed by atoms with Gasteiger partial charge in [0.15, 0.2) is 0 Å². The van der Waals surface area contributed by atoms with E-state index in [1.54, 1.807) is 6.07 Å². The first-order valence-corrected chi connectivity index (χ1v) is 7.18. The van der Waals surface area contributed by atoms with Gasteiger partial charge in [0, 0.05) is 33.8 Å². The maximum absolute atomic E-state index is 10.7. The number of nitro benzene ring substituents is 1. The van der Waals surface area contributed by atoms with Crippen LogP contribution in [0.2, 0.25) is 0 Å². The number of ether oxygens (including phenoxy) is 1. The zero-order valence-electron chi connectivity index (χ0n) is 11.5. The summed E-state index contributed by atoms with van der Waals surface area (Å²) in [7, 11) is 0. The molecule has 21 heavy (non-hydrogen) atoms.